The zero-order valence-electron chi connectivity index (χ0n) is 13.8. The van der Waals surface area contributed by atoms with E-state index in [0.29, 0.717) is 5.84 Å². The van der Waals surface area contributed by atoms with Crippen LogP contribution in [-0.2, 0) is 14.4 Å². The first-order chi connectivity index (χ1) is 10.5. The van der Waals surface area contributed by atoms with Crippen molar-refractivity contribution in [3.8, 4) is 0 Å². The van der Waals surface area contributed by atoms with E-state index >= 15 is 0 Å². The smallest absolute Gasteiger partial charge is 0.392 e. The Morgan fingerprint density at radius 3 is 2.57 bits per heavy atom. The Balaban J connectivity index is 2.24. The van der Waals surface area contributed by atoms with E-state index in [1.54, 1.807) is 6.92 Å². The number of nitrogens with one attached hydrogen (secondary N) is 1. The van der Waals surface area contributed by atoms with E-state index in [-0.39, 0.29) is 31.3 Å². The number of alkyl halides is 3. The first-order valence-corrected chi connectivity index (χ1v) is 7.76. The fraction of sp³-hybridized carbons (Fsp3) is 0.867. The molecule has 1 aliphatic carbocycles. The summed E-state index contributed by atoms with van der Waals surface area (Å²) in [6.45, 7) is 7.33. The van der Waals surface area contributed by atoms with Gasteiger partial charge in [-0.3, -0.25) is 4.79 Å². The summed E-state index contributed by atoms with van der Waals surface area (Å²) in [7, 11) is 0. The molecule has 1 saturated carbocycles. The summed E-state index contributed by atoms with van der Waals surface area (Å²) in [5, 5.41) is 0. The molecule has 2 rings (SSSR count). The van der Waals surface area contributed by atoms with Gasteiger partial charge in [0.1, 0.15) is 5.84 Å². The van der Waals surface area contributed by atoms with Crippen molar-refractivity contribution in [2.75, 3.05) is 6.61 Å². The molecule has 5 nitrogen and oxygen atoms in total. The van der Waals surface area contributed by atoms with Crippen LogP contribution in [0, 0.1) is 17.3 Å². The van der Waals surface area contributed by atoms with Crippen molar-refractivity contribution >= 4 is 11.8 Å². The summed E-state index contributed by atoms with van der Waals surface area (Å²) >= 11 is 0. The molecular formula is C15H23F3N2O3. The first kappa shape index (κ1) is 18.0. The third-order valence-electron chi connectivity index (χ3n) is 4.24. The Hall–Kier alpha value is -1.31. The van der Waals surface area contributed by atoms with Gasteiger partial charge in [0.25, 0.3) is 0 Å². The molecule has 0 amide bonds. The van der Waals surface area contributed by atoms with Crippen molar-refractivity contribution < 1.29 is 27.5 Å². The van der Waals surface area contributed by atoms with Crippen LogP contribution in [0.25, 0.3) is 0 Å². The number of carbonyl (C=O) groups excluding carboxylic acids is 1. The molecule has 3 unspecified atom stereocenters. The van der Waals surface area contributed by atoms with Crippen LogP contribution < -0.4 is 5.48 Å². The Bertz CT molecular complexity index is 499. The number of ether oxygens (including phenoxy) is 1. The first-order valence-electron chi connectivity index (χ1n) is 7.76. The summed E-state index contributed by atoms with van der Waals surface area (Å²) in [5.41, 5.74) is 1.05. The molecule has 0 aromatic rings. The fourth-order valence-corrected chi connectivity index (χ4v) is 2.95. The van der Waals surface area contributed by atoms with Gasteiger partial charge in [0, 0.05) is 18.3 Å². The monoisotopic (exact) mass is 336 g/mol. The Kier molecular flexibility index (Phi) is 4.67. The highest BCUT2D eigenvalue weighted by atomic mass is 19.4. The number of esters is 1. The lowest BCUT2D eigenvalue weighted by molar-refractivity contribution is -0.227. The minimum absolute atomic E-state index is 0.0333. The largest absolute Gasteiger partial charge is 0.466 e. The Morgan fingerprint density at radius 2 is 2.09 bits per heavy atom. The van der Waals surface area contributed by atoms with E-state index in [2.05, 4.69) is 10.5 Å². The van der Waals surface area contributed by atoms with E-state index < -0.39 is 29.7 Å². The maximum atomic E-state index is 13.4. The van der Waals surface area contributed by atoms with Gasteiger partial charge in [-0.25, -0.2) is 15.3 Å². The normalized spacial score (nSPS) is 31.7. The zero-order chi connectivity index (χ0) is 17.5. The van der Waals surface area contributed by atoms with E-state index in [0.717, 1.165) is 0 Å². The second-order valence-corrected chi connectivity index (χ2v) is 7.11. The molecule has 2 aliphatic rings. The second-order valence-electron chi connectivity index (χ2n) is 7.11. The summed E-state index contributed by atoms with van der Waals surface area (Å²) in [6, 6.07) is 0. The molecule has 3 atom stereocenters. The topological polar surface area (TPSA) is 59.9 Å². The average molecular weight is 336 g/mol. The van der Waals surface area contributed by atoms with Gasteiger partial charge >= 0.3 is 12.1 Å². The summed E-state index contributed by atoms with van der Waals surface area (Å²) < 4.78 is 45.1. The highest BCUT2D eigenvalue weighted by Gasteiger charge is 2.57. The van der Waals surface area contributed by atoms with Crippen molar-refractivity contribution in [2.24, 2.45) is 22.2 Å². The molecule has 1 fully saturated rings. The number of aliphatic imine (C=N–C) groups is 1. The Labute approximate surface area is 133 Å². The third kappa shape index (κ3) is 3.79. The van der Waals surface area contributed by atoms with Gasteiger partial charge in [-0.1, -0.05) is 20.8 Å². The van der Waals surface area contributed by atoms with E-state index in [9.17, 15) is 18.0 Å². The van der Waals surface area contributed by atoms with Crippen LogP contribution in [0.15, 0.2) is 4.99 Å². The van der Waals surface area contributed by atoms with Gasteiger partial charge < -0.3 is 4.74 Å². The third-order valence-corrected chi connectivity index (χ3v) is 4.24. The zero-order valence-corrected chi connectivity index (χ0v) is 13.8. The van der Waals surface area contributed by atoms with Gasteiger partial charge in [0.15, 0.2) is 5.72 Å². The maximum Gasteiger partial charge on any atom is 0.392 e. The lowest BCUT2D eigenvalue weighted by Crippen LogP contribution is -2.47. The number of rotatable bonds is 2. The summed E-state index contributed by atoms with van der Waals surface area (Å²) in [6.07, 6.45) is -4.61. The molecular weight excluding hydrogens is 313 g/mol. The number of carbonyl (C=O) groups is 1. The average Bonchev–Trinajstić information content (AvgIpc) is 2.82. The number of amidine groups is 1. The van der Waals surface area contributed by atoms with Gasteiger partial charge in [-0.15, -0.1) is 0 Å². The molecule has 132 valence electrons. The van der Waals surface area contributed by atoms with Crippen LogP contribution in [0.4, 0.5) is 13.2 Å². The molecule has 1 spiro atoms. The number of hydroxylamine groups is 1. The van der Waals surface area contributed by atoms with Crippen LogP contribution in [0.5, 0.6) is 0 Å². The van der Waals surface area contributed by atoms with Gasteiger partial charge in [0.2, 0.25) is 0 Å². The lowest BCUT2D eigenvalue weighted by atomic mass is 9.74. The standard InChI is InChI=1S/C15H23F3N2O3/c1-5-22-11(21)9-6-7-14(8-10(9)15(16,17)18)19-12(20-23-14)13(2,3)4/h9-10H,5-8H2,1-4H3,(H,19,20). The van der Waals surface area contributed by atoms with Gasteiger partial charge in [0.05, 0.1) is 18.4 Å². The summed E-state index contributed by atoms with van der Waals surface area (Å²) in [5.74, 6) is -3.29. The second kappa shape index (κ2) is 5.96. The molecule has 0 aromatic carbocycles. The molecule has 1 heterocycles. The van der Waals surface area contributed by atoms with E-state index in [1.165, 1.54) is 0 Å². The van der Waals surface area contributed by atoms with Crippen LogP contribution in [-0.4, -0.2) is 30.3 Å². The van der Waals surface area contributed by atoms with Crippen LogP contribution >= 0.6 is 0 Å². The summed E-state index contributed by atoms with van der Waals surface area (Å²) in [4.78, 5) is 21.7. The minimum atomic E-state index is -4.51. The SMILES string of the molecule is CCOC(=O)C1CCC2(CC1C(F)(F)F)N=C(C(C)(C)C)NO2. The van der Waals surface area contributed by atoms with Crippen LogP contribution in [0.3, 0.4) is 0 Å². The molecule has 1 N–H and O–H groups in total. The molecule has 0 aromatic heterocycles. The van der Waals surface area contributed by atoms with Crippen LogP contribution in [0.1, 0.15) is 47.0 Å². The quantitative estimate of drug-likeness (QED) is 0.787. The molecule has 23 heavy (non-hydrogen) atoms. The number of nitrogens with zero attached hydrogens (tertiary/aromatic N) is 1. The highest BCUT2D eigenvalue weighted by Crippen LogP contribution is 2.48. The predicted octanol–water partition coefficient (Wildman–Crippen LogP) is 3.20. The predicted molar refractivity (Wildman–Crippen MR) is 77.4 cm³/mol. The molecule has 0 bridgehead atoms. The molecule has 0 saturated heterocycles. The van der Waals surface area contributed by atoms with E-state index in [4.69, 9.17) is 9.57 Å². The minimum Gasteiger partial charge on any atom is -0.466 e. The van der Waals surface area contributed by atoms with Crippen molar-refractivity contribution in [1.82, 2.24) is 5.48 Å². The maximum absolute atomic E-state index is 13.4. The molecule has 0 radical (unpaired) electrons. The van der Waals surface area contributed by atoms with Crippen molar-refractivity contribution in [3.05, 3.63) is 0 Å². The van der Waals surface area contributed by atoms with Gasteiger partial charge in [-0.2, -0.15) is 13.2 Å². The number of hydrogen-bond acceptors (Lipinski definition) is 5. The number of halogens is 3. The van der Waals surface area contributed by atoms with Crippen molar-refractivity contribution in [2.45, 2.75) is 58.9 Å². The molecule has 1 aliphatic heterocycles. The van der Waals surface area contributed by atoms with Crippen molar-refractivity contribution in [3.63, 3.8) is 0 Å². The molecule has 8 heteroatoms. The van der Waals surface area contributed by atoms with Gasteiger partial charge in [-0.05, 0) is 13.3 Å². The highest BCUT2D eigenvalue weighted by molar-refractivity contribution is 5.87. The van der Waals surface area contributed by atoms with E-state index in [1.807, 2.05) is 20.8 Å². The fourth-order valence-electron chi connectivity index (χ4n) is 2.95. The van der Waals surface area contributed by atoms with Crippen LogP contribution in [0.2, 0.25) is 0 Å². The lowest BCUT2D eigenvalue weighted by Gasteiger charge is -2.38. The number of hydrogen-bond donors (Lipinski definition) is 1. The van der Waals surface area contributed by atoms with Crippen molar-refractivity contribution in [1.29, 1.82) is 0 Å². The Morgan fingerprint density at radius 1 is 1.43 bits per heavy atom.